The van der Waals surface area contributed by atoms with Gasteiger partial charge in [0.15, 0.2) is 0 Å². The van der Waals surface area contributed by atoms with E-state index in [-0.39, 0.29) is 0 Å². The second kappa shape index (κ2) is 4.67. The molecule has 1 saturated heterocycles. The van der Waals surface area contributed by atoms with Gasteiger partial charge in [-0.15, -0.1) is 0 Å². The van der Waals surface area contributed by atoms with E-state index >= 15 is 0 Å². The predicted molar refractivity (Wildman–Crippen MR) is 68.1 cm³/mol. The highest BCUT2D eigenvalue weighted by atomic mass is 79.9. The predicted octanol–water partition coefficient (Wildman–Crippen LogP) is 3.52. The van der Waals surface area contributed by atoms with Gasteiger partial charge in [0.1, 0.15) is 0 Å². The van der Waals surface area contributed by atoms with Crippen molar-refractivity contribution >= 4 is 15.9 Å². The van der Waals surface area contributed by atoms with E-state index in [1.165, 1.54) is 35.8 Å². The average molecular weight is 268 g/mol. The summed E-state index contributed by atoms with van der Waals surface area (Å²) >= 11 is 3.53. The van der Waals surface area contributed by atoms with Crippen molar-refractivity contribution < 1.29 is 0 Å². The first-order valence-electron chi connectivity index (χ1n) is 5.74. The molecule has 0 spiro atoms. The van der Waals surface area contributed by atoms with Crippen molar-refractivity contribution in [3.8, 4) is 0 Å². The zero-order valence-corrected chi connectivity index (χ0v) is 10.8. The van der Waals surface area contributed by atoms with E-state index in [1.54, 1.807) is 0 Å². The van der Waals surface area contributed by atoms with Crippen LogP contribution in [0.2, 0.25) is 0 Å². The monoisotopic (exact) mass is 267 g/mol. The maximum Gasteiger partial charge on any atom is 0.0219 e. The Morgan fingerprint density at radius 2 is 2.33 bits per heavy atom. The van der Waals surface area contributed by atoms with Gasteiger partial charge in [-0.3, -0.25) is 0 Å². The molecule has 2 rings (SSSR count). The molecule has 0 aromatic heterocycles. The van der Waals surface area contributed by atoms with Gasteiger partial charge in [-0.05, 0) is 49.9 Å². The molecule has 1 aromatic carbocycles. The second-order valence-corrected chi connectivity index (χ2v) is 5.39. The quantitative estimate of drug-likeness (QED) is 0.884. The van der Waals surface area contributed by atoms with Crippen molar-refractivity contribution in [2.24, 2.45) is 0 Å². The van der Waals surface area contributed by atoms with Crippen LogP contribution < -0.4 is 5.32 Å². The molecule has 1 heterocycles. The smallest absolute Gasteiger partial charge is 0.0219 e. The maximum atomic E-state index is 3.67. The van der Waals surface area contributed by atoms with Crippen LogP contribution in [-0.2, 0) is 6.42 Å². The highest BCUT2D eigenvalue weighted by Gasteiger charge is 2.31. The number of benzene rings is 1. The van der Waals surface area contributed by atoms with Crippen molar-refractivity contribution in [2.45, 2.75) is 38.1 Å². The van der Waals surface area contributed by atoms with Crippen molar-refractivity contribution in [3.63, 3.8) is 0 Å². The molecule has 0 aliphatic carbocycles. The molecule has 1 unspecified atom stereocenters. The van der Waals surface area contributed by atoms with Gasteiger partial charge in [0, 0.05) is 10.0 Å². The van der Waals surface area contributed by atoms with Crippen molar-refractivity contribution in [3.05, 3.63) is 34.3 Å². The van der Waals surface area contributed by atoms with E-state index in [0.717, 1.165) is 6.42 Å². The lowest BCUT2D eigenvalue weighted by atomic mass is 9.87. The van der Waals surface area contributed by atoms with Gasteiger partial charge in [-0.2, -0.15) is 0 Å². The molecule has 1 atom stereocenters. The minimum atomic E-state index is 0.362. The fraction of sp³-hybridized carbons (Fsp3) is 0.538. The molecule has 15 heavy (non-hydrogen) atoms. The van der Waals surface area contributed by atoms with Crippen LogP contribution in [0.4, 0.5) is 0 Å². The van der Waals surface area contributed by atoms with Gasteiger partial charge in [0.05, 0.1) is 0 Å². The Kier molecular flexibility index (Phi) is 3.47. The average Bonchev–Trinajstić information content (AvgIpc) is 2.67. The van der Waals surface area contributed by atoms with Gasteiger partial charge in [0.2, 0.25) is 0 Å². The molecule has 1 fully saturated rings. The minimum absolute atomic E-state index is 0.362. The number of halogens is 1. The molecule has 0 radical (unpaired) electrons. The van der Waals surface area contributed by atoms with E-state index in [2.05, 4.69) is 52.4 Å². The fourth-order valence-electron chi connectivity index (χ4n) is 2.48. The summed E-state index contributed by atoms with van der Waals surface area (Å²) in [5.74, 6) is 0. The second-order valence-electron chi connectivity index (χ2n) is 4.47. The number of hydrogen-bond donors (Lipinski definition) is 1. The van der Waals surface area contributed by atoms with Crippen LogP contribution in [0.25, 0.3) is 0 Å². The Labute approximate surface area is 100 Å². The molecule has 1 N–H and O–H groups in total. The van der Waals surface area contributed by atoms with Gasteiger partial charge in [-0.25, -0.2) is 0 Å². The first-order valence-corrected chi connectivity index (χ1v) is 6.53. The van der Waals surface area contributed by atoms with Gasteiger partial charge < -0.3 is 5.32 Å². The first-order chi connectivity index (χ1) is 7.24. The molecule has 0 amide bonds. The summed E-state index contributed by atoms with van der Waals surface area (Å²) in [5, 5.41) is 3.67. The van der Waals surface area contributed by atoms with E-state index in [4.69, 9.17) is 0 Å². The molecule has 1 nitrogen and oxygen atoms in total. The van der Waals surface area contributed by atoms with E-state index in [0.29, 0.717) is 5.54 Å². The molecule has 82 valence electrons. The van der Waals surface area contributed by atoms with Crippen LogP contribution in [-0.4, -0.2) is 12.1 Å². The largest absolute Gasteiger partial charge is 0.311 e. The number of hydrogen-bond acceptors (Lipinski definition) is 1. The summed E-state index contributed by atoms with van der Waals surface area (Å²) in [6.07, 6.45) is 5.01. The van der Waals surface area contributed by atoms with E-state index < -0.39 is 0 Å². The Morgan fingerprint density at radius 1 is 1.47 bits per heavy atom. The van der Waals surface area contributed by atoms with Crippen molar-refractivity contribution in [2.75, 3.05) is 6.54 Å². The summed E-state index contributed by atoms with van der Waals surface area (Å²) < 4.78 is 1.18. The normalized spacial score (nSPS) is 25.7. The Hall–Kier alpha value is -0.340. The molecule has 1 aromatic rings. The molecule has 1 aliphatic heterocycles. The minimum Gasteiger partial charge on any atom is -0.311 e. The zero-order chi connectivity index (χ0) is 10.7. The lowest BCUT2D eigenvalue weighted by molar-refractivity contribution is 0.360. The zero-order valence-electron chi connectivity index (χ0n) is 9.22. The van der Waals surface area contributed by atoms with Crippen LogP contribution in [0.5, 0.6) is 0 Å². The highest BCUT2D eigenvalue weighted by molar-refractivity contribution is 9.10. The van der Waals surface area contributed by atoms with E-state index in [9.17, 15) is 0 Å². The molecule has 0 bridgehead atoms. The third kappa shape index (κ3) is 2.61. The molecule has 2 heteroatoms. The molecule has 1 aliphatic rings. The number of rotatable bonds is 3. The van der Waals surface area contributed by atoms with Gasteiger partial charge in [-0.1, -0.05) is 35.0 Å². The summed E-state index contributed by atoms with van der Waals surface area (Å²) in [4.78, 5) is 0. The topological polar surface area (TPSA) is 12.0 Å². The molecule has 0 saturated carbocycles. The van der Waals surface area contributed by atoms with Crippen LogP contribution in [0, 0.1) is 0 Å². The van der Waals surface area contributed by atoms with Crippen LogP contribution in [0.1, 0.15) is 31.7 Å². The third-order valence-corrected chi connectivity index (χ3v) is 3.93. The van der Waals surface area contributed by atoms with Crippen molar-refractivity contribution in [1.29, 1.82) is 0 Å². The van der Waals surface area contributed by atoms with Crippen LogP contribution in [0.15, 0.2) is 28.7 Å². The SMILES string of the molecule is CCC1(Cc2cccc(Br)c2)CCCN1. The summed E-state index contributed by atoms with van der Waals surface area (Å²) in [5.41, 5.74) is 1.79. The third-order valence-electron chi connectivity index (χ3n) is 3.44. The maximum absolute atomic E-state index is 3.67. The van der Waals surface area contributed by atoms with E-state index in [1.807, 2.05) is 0 Å². The van der Waals surface area contributed by atoms with Gasteiger partial charge in [0.25, 0.3) is 0 Å². The standard InChI is InChI=1S/C13H18BrN/c1-2-13(7-4-8-15-13)10-11-5-3-6-12(14)9-11/h3,5-6,9,15H,2,4,7-8,10H2,1H3. The van der Waals surface area contributed by atoms with Crippen molar-refractivity contribution in [1.82, 2.24) is 5.32 Å². The first kappa shape index (κ1) is 11.2. The summed E-state index contributed by atoms with van der Waals surface area (Å²) in [6, 6.07) is 8.67. The Balaban J connectivity index is 2.12. The van der Waals surface area contributed by atoms with Gasteiger partial charge >= 0.3 is 0 Å². The Morgan fingerprint density at radius 3 is 2.93 bits per heavy atom. The van der Waals surface area contributed by atoms with Crippen LogP contribution in [0.3, 0.4) is 0 Å². The molecular weight excluding hydrogens is 250 g/mol. The number of nitrogens with one attached hydrogen (secondary N) is 1. The fourth-order valence-corrected chi connectivity index (χ4v) is 2.93. The lowest BCUT2D eigenvalue weighted by Crippen LogP contribution is -2.41. The molecular formula is C13H18BrN. The highest BCUT2D eigenvalue weighted by Crippen LogP contribution is 2.28. The van der Waals surface area contributed by atoms with Crippen LogP contribution >= 0.6 is 15.9 Å². The Bertz CT molecular complexity index is 329. The lowest BCUT2D eigenvalue weighted by Gasteiger charge is -2.28. The summed E-state index contributed by atoms with van der Waals surface area (Å²) in [7, 11) is 0. The summed E-state index contributed by atoms with van der Waals surface area (Å²) in [6.45, 7) is 3.47.